The van der Waals surface area contributed by atoms with Crippen LogP contribution in [-0.4, -0.2) is 8.42 Å². The minimum absolute atomic E-state index is 0.129. The molecule has 0 fully saturated rings. The Morgan fingerprint density at radius 2 is 1.85 bits per heavy atom. The van der Waals surface area contributed by atoms with Gasteiger partial charge in [-0.05, 0) is 36.2 Å². The van der Waals surface area contributed by atoms with Crippen molar-refractivity contribution in [2.24, 2.45) is 5.73 Å². The zero-order valence-electron chi connectivity index (χ0n) is 11.3. The van der Waals surface area contributed by atoms with Gasteiger partial charge >= 0.3 is 0 Å². The van der Waals surface area contributed by atoms with Gasteiger partial charge in [-0.2, -0.15) is 8.42 Å². The lowest BCUT2D eigenvalue weighted by Crippen LogP contribution is -2.12. The standard InChI is InChI=1S/C14H18N2O3S/c1-2-3-11-4-6-12(7-5-11)16-20(17,18)14-9-8-13(10-15)19-14/h4-9,16H,2-3,10,15H2,1H3. The van der Waals surface area contributed by atoms with Crippen molar-refractivity contribution in [3.8, 4) is 0 Å². The molecule has 1 aromatic carbocycles. The first-order valence-electron chi connectivity index (χ1n) is 6.45. The van der Waals surface area contributed by atoms with Crippen LogP contribution in [-0.2, 0) is 23.0 Å². The molecular formula is C14H18N2O3S. The first kappa shape index (κ1) is 14.6. The quantitative estimate of drug-likeness (QED) is 0.857. The van der Waals surface area contributed by atoms with Gasteiger partial charge < -0.3 is 10.2 Å². The van der Waals surface area contributed by atoms with Crippen molar-refractivity contribution >= 4 is 15.7 Å². The Labute approximate surface area is 118 Å². The summed E-state index contributed by atoms with van der Waals surface area (Å²) in [4.78, 5) is 0. The number of nitrogens with one attached hydrogen (secondary N) is 1. The van der Waals surface area contributed by atoms with Gasteiger partial charge in [-0.3, -0.25) is 4.72 Å². The fraction of sp³-hybridized carbons (Fsp3) is 0.286. The molecular weight excluding hydrogens is 276 g/mol. The van der Waals surface area contributed by atoms with E-state index in [2.05, 4.69) is 11.6 Å². The molecule has 0 saturated carbocycles. The van der Waals surface area contributed by atoms with Crippen LogP contribution in [0.15, 0.2) is 45.9 Å². The molecule has 0 aliphatic rings. The molecule has 0 radical (unpaired) electrons. The predicted octanol–water partition coefficient (Wildman–Crippen LogP) is 2.49. The van der Waals surface area contributed by atoms with Gasteiger partial charge in [-0.1, -0.05) is 25.5 Å². The number of rotatable bonds is 6. The SMILES string of the molecule is CCCc1ccc(NS(=O)(=O)c2ccc(CN)o2)cc1. The summed E-state index contributed by atoms with van der Waals surface area (Å²) in [6, 6.07) is 10.3. The Kier molecular flexibility index (Phi) is 4.46. The van der Waals surface area contributed by atoms with Crippen LogP contribution < -0.4 is 10.5 Å². The third-order valence-corrected chi connectivity index (χ3v) is 4.10. The number of anilines is 1. The molecule has 0 aliphatic heterocycles. The van der Waals surface area contributed by atoms with Crippen LogP contribution in [0.5, 0.6) is 0 Å². The van der Waals surface area contributed by atoms with E-state index >= 15 is 0 Å². The van der Waals surface area contributed by atoms with Crippen LogP contribution in [0.4, 0.5) is 5.69 Å². The van der Waals surface area contributed by atoms with Gasteiger partial charge in [-0.15, -0.1) is 0 Å². The lowest BCUT2D eigenvalue weighted by molar-refractivity contribution is 0.417. The van der Waals surface area contributed by atoms with E-state index < -0.39 is 10.0 Å². The molecule has 2 rings (SSSR count). The maximum atomic E-state index is 12.1. The summed E-state index contributed by atoms with van der Waals surface area (Å²) in [5.74, 6) is 0.434. The molecule has 0 bridgehead atoms. The van der Waals surface area contributed by atoms with Crippen molar-refractivity contribution in [1.29, 1.82) is 0 Å². The van der Waals surface area contributed by atoms with Crippen molar-refractivity contribution < 1.29 is 12.8 Å². The van der Waals surface area contributed by atoms with Crippen LogP contribution in [0.25, 0.3) is 0 Å². The predicted molar refractivity (Wildman–Crippen MR) is 77.8 cm³/mol. The monoisotopic (exact) mass is 294 g/mol. The van der Waals surface area contributed by atoms with E-state index in [1.807, 2.05) is 12.1 Å². The van der Waals surface area contributed by atoms with Crippen molar-refractivity contribution in [3.63, 3.8) is 0 Å². The Morgan fingerprint density at radius 1 is 1.15 bits per heavy atom. The Morgan fingerprint density at radius 3 is 2.40 bits per heavy atom. The molecule has 6 heteroatoms. The number of sulfonamides is 1. The molecule has 1 heterocycles. The number of hydrogen-bond acceptors (Lipinski definition) is 4. The zero-order valence-corrected chi connectivity index (χ0v) is 12.1. The number of aryl methyl sites for hydroxylation is 1. The van der Waals surface area contributed by atoms with E-state index in [0.29, 0.717) is 11.4 Å². The molecule has 108 valence electrons. The van der Waals surface area contributed by atoms with Gasteiger partial charge in [0, 0.05) is 5.69 Å². The van der Waals surface area contributed by atoms with E-state index in [1.165, 1.54) is 11.6 Å². The molecule has 0 amide bonds. The summed E-state index contributed by atoms with van der Waals surface area (Å²) in [5, 5.41) is -0.129. The molecule has 0 unspecified atom stereocenters. The molecule has 0 atom stereocenters. The van der Waals surface area contributed by atoms with Gasteiger partial charge in [0.05, 0.1) is 6.54 Å². The van der Waals surface area contributed by atoms with Gasteiger partial charge in [0.2, 0.25) is 5.09 Å². The largest absolute Gasteiger partial charge is 0.446 e. The van der Waals surface area contributed by atoms with E-state index in [1.54, 1.807) is 18.2 Å². The number of hydrogen-bond donors (Lipinski definition) is 2. The summed E-state index contributed by atoms with van der Waals surface area (Å²) < 4.78 is 31.8. The first-order chi connectivity index (χ1) is 9.55. The van der Waals surface area contributed by atoms with Gasteiger partial charge in [0.15, 0.2) is 0 Å². The Balaban J connectivity index is 2.15. The topological polar surface area (TPSA) is 85.3 Å². The summed E-state index contributed by atoms with van der Waals surface area (Å²) in [5.41, 5.74) is 7.08. The molecule has 20 heavy (non-hydrogen) atoms. The summed E-state index contributed by atoms with van der Waals surface area (Å²) in [6.45, 7) is 2.27. The molecule has 1 aromatic heterocycles. The van der Waals surface area contributed by atoms with E-state index in [-0.39, 0.29) is 11.6 Å². The van der Waals surface area contributed by atoms with E-state index in [4.69, 9.17) is 10.2 Å². The van der Waals surface area contributed by atoms with Crippen LogP contribution in [0.3, 0.4) is 0 Å². The second kappa shape index (κ2) is 6.11. The average Bonchev–Trinajstić information content (AvgIpc) is 2.91. The van der Waals surface area contributed by atoms with E-state index in [0.717, 1.165) is 12.8 Å². The highest BCUT2D eigenvalue weighted by molar-refractivity contribution is 7.92. The lowest BCUT2D eigenvalue weighted by atomic mass is 10.1. The maximum absolute atomic E-state index is 12.1. The van der Waals surface area contributed by atoms with E-state index in [9.17, 15) is 8.42 Å². The van der Waals surface area contributed by atoms with Crippen molar-refractivity contribution in [1.82, 2.24) is 0 Å². The molecule has 0 spiro atoms. The fourth-order valence-electron chi connectivity index (χ4n) is 1.85. The third kappa shape index (κ3) is 3.40. The smallest absolute Gasteiger partial charge is 0.295 e. The molecule has 0 saturated heterocycles. The van der Waals surface area contributed by atoms with Gasteiger partial charge in [0.25, 0.3) is 10.0 Å². The van der Waals surface area contributed by atoms with Crippen molar-refractivity contribution in [2.75, 3.05) is 4.72 Å². The fourth-order valence-corrected chi connectivity index (χ4v) is 2.86. The summed E-state index contributed by atoms with van der Waals surface area (Å²) in [7, 11) is -3.70. The highest BCUT2D eigenvalue weighted by Gasteiger charge is 2.18. The Hall–Kier alpha value is -1.79. The minimum atomic E-state index is -3.70. The Bertz CT molecular complexity index is 660. The average molecular weight is 294 g/mol. The number of benzene rings is 1. The highest BCUT2D eigenvalue weighted by atomic mass is 32.2. The van der Waals surface area contributed by atoms with Crippen LogP contribution >= 0.6 is 0 Å². The molecule has 2 aromatic rings. The van der Waals surface area contributed by atoms with Gasteiger partial charge in [-0.25, -0.2) is 0 Å². The third-order valence-electron chi connectivity index (χ3n) is 2.85. The van der Waals surface area contributed by atoms with Gasteiger partial charge in [0.1, 0.15) is 5.76 Å². The number of nitrogens with two attached hydrogens (primary N) is 1. The first-order valence-corrected chi connectivity index (χ1v) is 7.94. The lowest BCUT2D eigenvalue weighted by Gasteiger charge is -2.06. The second-order valence-electron chi connectivity index (χ2n) is 4.48. The van der Waals surface area contributed by atoms with Crippen molar-refractivity contribution in [2.45, 2.75) is 31.4 Å². The summed E-state index contributed by atoms with van der Waals surface area (Å²) >= 11 is 0. The van der Waals surface area contributed by atoms with Crippen molar-refractivity contribution in [3.05, 3.63) is 47.7 Å². The molecule has 0 aliphatic carbocycles. The second-order valence-corrected chi connectivity index (χ2v) is 6.09. The summed E-state index contributed by atoms with van der Waals surface area (Å²) in [6.07, 6.45) is 2.03. The van der Waals surface area contributed by atoms with Crippen LogP contribution in [0.1, 0.15) is 24.7 Å². The molecule has 3 N–H and O–H groups in total. The minimum Gasteiger partial charge on any atom is -0.446 e. The normalized spacial score (nSPS) is 11.5. The number of furan rings is 1. The molecule has 5 nitrogen and oxygen atoms in total. The highest BCUT2D eigenvalue weighted by Crippen LogP contribution is 2.19. The zero-order chi connectivity index (χ0) is 14.6. The van der Waals surface area contributed by atoms with Crippen LogP contribution in [0, 0.1) is 0 Å². The maximum Gasteiger partial charge on any atom is 0.295 e. The van der Waals surface area contributed by atoms with Crippen LogP contribution in [0.2, 0.25) is 0 Å².